The van der Waals surface area contributed by atoms with E-state index >= 15 is 4.11 Å². The number of hydrogen-bond acceptors (Lipinski definition) is 5. The minimum Gasteiger partial charge on any atom is -0.454 e. The average Bonchev–Trinajstić information content (AvgIpc) is 3.31. The van der Waals surface area contributed by atoms with Crippen molar-refractivity contribution < 1.29 is 28.3 Å². The number of hydrogen-bond donors (Lipinski definition) is 1. The highest BCUT2D eigenvalue weighted by Gasteiger charge is 2.66. The van der Waals surface area contributed by atoms with Crippen molar-refractivity contribution in [2.75, 3.05) is 23.0 Å². The smallest absolute Gasteiger partial charge is 0.266 e. The van der Waals surface area contributed by atoms with E-state index in [1.165, 1.54) is 0 Å². The van der Waals surface area contributed by atoms with Crippen LogP contribution in [-0.4, -0.2) is 44.6 Å². The molecule has 0 radical (unpaired) electrons. The number of carbonyl (C=O) groups excluding carboxylic acids is 2. The third-order valence-electron chi connectivity index (χ3n) is 8.57. The second kappa shape index (κ2) is 9.94. The summed E-state index contributed by atoms with van der Waals surface area (Å²) in [5, 5.41) is 9.82. The van der Waals surface area contributed by atoms with Crippen molar-refractivity contribution in [1.29, 1.82) is 0 Å². The van der Waals surface area contributed by atoms with Gasteiger partial charge in [0.05, 0.1) is 23.0 Å². The number of rotatable bonds is 6. The second-order valence-electron chi connectivity index (χ2n) is 11.4. The van der Waals surface area contributed by atoms with Crippen molar-refractivity contribution in [2.24, 2.45) is 5.92 Å². The Kier molecular flexibility index (Phi) is 6.64. The molecule has 1 N–H and O–H groups in total. The van der Waals surface area contributed by atoms with E-state index in [0.29, 0.717) is 39.7 Å². The van der Waals surface area contributed by atoms with Crippen LogP contribution in [0.2, 0.25) is 18.6 Å². The lowest BCUT2D eigenvalue weighted by Gasteiger charge is -2.31. The molecule has 0 unspecified atom stereocenters. The van der Waals surface area contributed by atoms with Gasteiger partial charge in [0.2, 0.25) is 8.41 Å². The summed E-state index contributed by atoms with van der Waals surface area (Å²) in [4.78, 5) is 31.5. The zero-order valence-electron chi connectivity index (χ0n) is 23.3. The molecule has 1 spiro atoms. The van der Waals surface area contributed by atoms with Gasteiger partial charge >= 0.3 is 0 Å². The van der Waals surface area contributed by atoms with Crippen LogP contribution in [0.15, 0.2) is 79.4 Å². The first-order valence-electron chi connectivity index (χ1n) is 13.9. The fourth-order valence-corrected chi connectivity index (χ4v) is 9.49. The molecular weight excluding hydrogens is 539 g/mol. The van der Waals surface area contributed by atoms with Crippen LogP contribution in [0, 0.1) is 5.92 Å². The van der Waals surface area contributed by atoms with Crippen LogP contribution in [-0.2, 0) is 15.1 Å². The zero-order valence-corrected chi connectivity index (χ0v) is 24.3. The Morgan fingerprint density at radius 3 is 2.46 bits per heavy atom. The molecule has 7 nitrogen and oxygen atoms in total. The van der Waals surface area contributed by atoms with E-state index in [1.807, 2.05) is 49.4 Å². The van der Waals surface area contributed by atoms with E-state index in [-0.39, 0.29) is 31.4 Å². The lowest BCUT2D eigenvalue weighted by atomic mass is 9.82. The van der Waals surface area contributed by atoms with Crippen LogP contribution >= 0.6 is 0 Å². The lowest BCUT2D eigenvalue weighted by molar-refractivity contribution is -0.146. The van der Waals surface area contributed by atoms with Crippen LogP contribution in [0.4, 0.5) is 21.2 Å². The molecule has 2 amide bonds. The van der Waals surface area contributed by atoms with E-state index < -0.39 is 31.6 Å². The number of halogens is 1. The van der Waals surface area contributed by atoms with E-state index in [9.17, 15) is 14.7 Å². The summed E-state index contributed by atoms with van der Waals surface area (Å²) in [6, 6.07) is 19.8. The standard InChI is InChI=1S/C32H33FN2O5Si/c1-5-17-34-24-15-14-21(35-25-11-7-9-13-27(25)39-26-12-8-6-10-22(26)30(35)37)19-23(24)32(31(34)38)20(2)29(41(3,4)33)28(40-32)16-18-36/h5-15,19-20,28-29,36H,1,16-18H2,2-4H3/t20-,28+,29-,32+/m0/s1. The number of fused-ring (bicyclic) bond motifs is 4. The van der Waals surface area contributed by atoms with Crippen LogP contribution in [0.5, 0.6) is 11.5 Å². The Morgan fingerprint density at radius 2 is 1.76 bits per heavy atom. The van der Waals surface area contributed by atoms with Gasteiger partial charge < -0.3 is 23.6 Å². The third-order valence-corrected chi connectivity index (χ3v) is 11.0. The number of aliphatic hydroxyl groups excluding tert-OH is 1. The first-order chi connectivity index (χ1) is 19.6. The molecule has 0 aliphatic carbocycles. The van der Waals surface area contributed by atoms with E-state index in [0.717, 1.165) is 0 Å². The van der Waals surface area contributed by atoms with Gasteiger partial charge in [0.25, 0.3) is 11.8 Å². The molecule has 0 aromatic heterocycles. The van der Waals surface area contributed by atoms with Crippen molar-refractivity contribution in [3.05, 3.63) is 90.5 Å². The predicted octanol–water partition coefficient (Wildman–Crippen LogP) is 6.46. The number of benzene rings is 3. The quantitative estimate of drug-likeness (QED) is 0.208. The molecule has 3 heterocycles. The molecule has 3 aliphatic rings. The molecule has 4 atom stereocenters. The Bertz CT molecular complexity index is 1560. The summed E-state index contributed by atoms with van der Waals surface area (Å²) < 4.78 is 28.6. The average molecular weight is 573 g/mol. The first-order valence-corrected chi connectivity index (χ1v) is 16.8. The molecule has 6 rings (SSSR count). The summed E-state index contributed by atoms with van der Waals surface area (Å²) in [5.74, 6) is -0.0881. The van der Waals surface area contributed by atoms with Gasteiger partial charge in [-0.2, -0.15) is 0 Å². The highest BCUT2D eigenvalue weighted by Crippen LogP contribution is 2.60. The number of para-hydroxylation sites is 3. The molecule has 212 valence electrons. The molecule has 1 fully saturated rings. The minimum atomic E-state index is -3.33. The monoisotopic (exact) mass is 572 g/mol. The zero-order chi connectivity index (χ0) is 29.1. The fraction of sp³-hybridized carbons (Fsp3) is 0.312. The SMILES string of the molecule is C=CCN1C(=O)[C@]2(O[C@H](CCO)[C@@H]([Si](C)(C)F)[C@@H]2C)c2cc(N3C(=O)c4ccccc4Oc4ccccc43)ccc21. The summed E-state index contributed by atoms with van der Waals surface area (Å²) in [7, 11) is -3.33. The molecule has 3 aromatic carbocycles. The number of nitrogens with zero attached hydrogens (tertiary/aromatic N) is 2. The largest absolute Gasteiger partial charge is 0.454 e. The lowest BCUT2D eigenvalue weighted by Crippen LogP contribution is -2.45. The molecule has 0 saturated carbocycles. The summed E-state index contributed by atoms with van der Waals surface area (Å²) in [6.45, 7) is 9.04. The highest BCUT2D eigenvalue weighted by atomic mass is 28.4. The molecule has 0 bridgehead atoms. The van der Waals surface area contributed by atoms with Crippen molar-refractivity contribution in [1.82, 2.24) is 0 Å². The third kappa shape index (κ3) is 4.06. The Morgan fingerprint density at radius 1 is 1.05 bits per heavy atom. The first kappa shape index (κ1) is 27.4. The van der Waals surface area contributed by atoms with Gasteiger partial charge in [-0.25, -0.2) is 0 Å². The Labute approximate surface area is 240 Å². The molecule has 3 aliphatic heterocycles. The van der Waals surface area contributed by atoms with E-state index in [4.69, 9.17) is 9.47 Å². The van der Waals surface area contributed by atoms with Crippen molar-refractivity contribution in [2.45, 2.75) is 43.7 Å². The maximum absolute atomic E-state index is 15.8. The Balaban J connectivity index is 1.56. The number of amides is 2. The maximum Gasteiger partial charge on any atom is 0.266 e. The van der Waals surface area contributed by atoms with Crippen LogP contribution in [0.25, 0.3) is 0 Å². The molecular formula is C32H33FN2O5Si. The van der Waals surface area contributed by atoms with Gasteiger partial charge in [0, 0.05) is 35.9 Å². The number of ether oxygens (including phenoxy) is 2. The second-order valence-corrected chi connectivity index (χ2v) is 15.2. The Hall–Kier alpha value is -3.79. The highest BCUT2D eigenvalue weighted by molar-refractivity contribution is 6.72. The van der Waals surface area contributed by atoms with Crippen LogP contribution in [0.1, 0.15) is 29.3 Å². The maximum atomic E-state index is 15.8. The number of carbonyl (C=O) groups is 2. The molecule has 9 heteroatoms. The van der Waals surface area contributed by atoms with Gasteiger partial charge in [-0.3, -0.25) is 14.5 Å². The van der Waals surface area contributed by atoms with Gasteiger partial charge in [0.1, 0.15) is 5.75 Å². The summed E-state index contributed by atoms with van der Waals surface area (Å²) in [5.41, 5.74) is 0.744. The van der Waals surface area contributed by atoms with Crippen LogP contribution in [0.3, 0.4) is 0 Å². The number of aliphatic hydroxyl groups is 1. The number of anilines is 3. The topological polar surface area (TPSA) is 79.3 Å². The van der Waals surface area contributed by atoms with Gasteiger partial charge in [0.15, 0.2) is 11.4 Å². The summed E-state index contributed by atoms with van der Waals surface area (Å²) >= 11 is 0. The van der Waals surface area contributed by atoms with Gasteiger partial charge in [-0.05, 0) is 62.0 Å². The minimum absolute atomic E-state index is 0.176. The molecule has 1 saturated heterocycles. The van der Waals surface area contributed by atoms with Crippen molar-refractivity contribution in [3.8, 4) is 11.5 Å². The molecule has 3 aromatic rings. The molecule has 41 heavy (non-hydrogen) atoms. The fourth-order valence-electron chi connectivity index (χ4n) is 6.95. The normalized spacial score (nSPS) is 25.0. The van der Waals surface area contributed by atoms with Crippen LogP contribution < -0.4 is 14.5 Å². The van der Waals surface area contributed by atoms with Gasteiger partial charge in [-0.15, -0.1) is 6.58 Å². The van der Waals surface area contributed by atoms with Crippen molar-refractivity contribution in [3.63, 3.8) is 0 Å². The van der Waals surface area contributed by atoms with Crippen molar-refractivity contribution >= 4 is 37.3 Å². The van der Waals surface area contributed by atoms with Gasteiger partial charge in [-0.1, -0.05) is 37.3 Å². The van der Waals surface area contributed by atoms with E-state index in [1.54, 1.807) is 53.2 Å². The van der Waals surface area contributed by atoms with E-state index in [2.05, 4.69) is 6.58 Å². The predicted molar refractivity (Wildman–Crippen MR) is 158 cm³/mol. The summed E-state index contributed by atoms with van der Waals surface area (Å²) in [6.07, 6.45) is 1.26.